The molecule has 0 aliphatic rings. The van der Waals surface area contributed by atoms with Crippen molar-refractivity contribution in [2.75, 3.05) is 11.9 Å². The molecular weight excluding hydrogens is 248 g/mol. The van der Waals surface area contributed by atoms with Crippen molar-refractivity contribution in [2.45, 2.75) is 19.4 Å². The topological polar surface area (TPSA) is 46.3 Å². The Bertz CT molecular complexity index is 588. The third-order valence-electron chi connectivity index (χ3n) is 3.54. The molecule has 104 valence electrons. The van der Waals surface area contributed by atoms with E-state index in [-0.39, 0.29) is 5.91 Å². The minimum absolute atomic E-state index is 0.132. The molecular formula is C17H20N2O. The number of rotatable bonds is 3. The lowest BCUT2D eigenvalue weighted by Gasteiger charge is -2.29. The van der Waals surface area contributed by atoms with Crippen LogP contribution in [0.25, 0.3) is 0 Å². The number of aryl methyl sites for hydroxylation is 1. The number of nitrogens with zero attached hydrogens (tertiary/aromatic N) is 1. The standard InChI is InChI=1S/C17H20N2O/c1-13-9-11-15(12-10-13)19(3)16(20)17(2,18)14-7-5-4-6-8-14/h4-12H,18H2,1-3H3. The summed E-state index contributed by atoms with van der Waals surface area (Å²) in [6.45, 7) is 3.76. The Balaban J connectivity index is 2.28. The number of benzene rings is 2. The summed E-state index contributed by atoms with van der Waals surface area (Å²) in [5, 5.41) is 0. The second kappa shape index (κ2) is 5.47. The van der Waals surface area contributed by atoms with E-state index in [2.05, 4.69) is 0 Å². The lowest BCUT2D eigenvalue weighted by Crippen LogP contribution is -2.49. The zero-order valence-corrected chi connectivity index (χ0v) is 12.1. The van der Waals surface area contributed by atoms with Crippen molar-refractivity contribution in [1.29, 1.82) is 0 Å². The van der Waals surface area contributed by atoms with Gasteiger partial charge in [-0.1, -0.05) is 48.0 Å². The Labute approximate surface area is 120 Å². The molecule has 2 N–H and O–H groups in total. The first kappa shape index (κ1) is 14.3. The van der Waals surface area contributed by atoms with E-state index in [0.29, 0.717) is 0 Å². The van der Waals surface area contributed by atoms with Crippen molar-refractivity contribution in [3.8, 4) is 0 Å². The summed E-state index contributed by atoms with van der Waals surface area (Å²) in [5.41, 5.74) is 8.03. The molecule has 0 saturated carbocycles. The Morgan fingerprint density at radius 2 is 1.60 bits per heavy atom. The van der Waals surface area contributed by atoms with E-state index in [1.165, 1.54) is 0 Å². The van der Waals surface area contributed by atoms with Crippen LogP contribution in [0, 0.1) is 6.92 Å². The van der Waals surface area contributed by atoms with Gasteiger partial charge in [-0.25, -0.2) is 0 Å². The Morgan fingerprint density at radius 1 is 1.05 bits per heavy atom. The maximum absolute atomic E-state index is 12.7. The van der Waals surface area contributed by atoms with Crippen molar-refractivity contribution in [1.82, 2.24) is 0 Å². The summed E-state index contributed by atoms with van der Waals surface area (Å²) < 4.78 is 0. The van der Waals surface area contributed by atoms with Crippen LogP contribution in [0.2, 0.25) is 0 Å². The van der Waals surface area contributed by atoms with Crippen LogP contribution in [0.15, 0.2) is 54.6 Å². The van der Waals surface area contributed by atoms with Crippen LogP contribution in [0.4, 0.5) is 5.69 Å². The molecule has 0 aliphatic heterocycles. The van der Waals surface area contributed by atoms with Crippen molar-refractivity contribution in [2.24, 2.45) is 5.73 Å². The first-order chi connectivity index (χ1) is 9.43. The second-order valence-electron chi connectivity index (χ2n) is 5.27. The van der Waals surface area contributed by atoms with E-state index in [1.807, 2.05) is 61.5 Å². The van der Waals surface area contributed by atoms with Crippen LogP contribution in [0.5, 0.6) is 0 Å². The molecule has 0 aliphatic carbocycles. The molecule has 0 fully saturated rings. The lowest BCUT2D eigenvalue weighted by molar-refractivity contribution is -0.123. The summed E-state index contributed by atoms with van der Waals surface area (Å²) in [5.74, 6) is -0.132. The molecule has 0 bridgehead atoms. The summed E-state index contributed by atoms with van der Waals surface area (Å²) in [4.78, 5) is 14.3. The second-order valence-corrected chi connectivity index (χ2v) is 5.27. The Kier molecular flexibility index (Phi) is 3.91. The van der Waals surface area contributed by atoms with E-state index < -0.39 is 5.54 Å². The van der Waals surface area contributed by atoms with E-state index in [9.17, 15) is 4.79 Å². The van der Waals surface area contributed by atoms with E-state index in [0.717, 1.165) is 16.8 Å². The van der Waals surface area contributed by atoms with Gasteiger partial charge in [0.15, 0.2) is 0 Å². The van der Waals surface area contributed by atoms with E-state index in [4.69, 9.17) is 5.73 Å². The summed E-state index contributed by atoms with van der Waals surface area (Å²) >= 11 is 0. The fourth-order valence-electron chi connectivity index (χ4n) is 2.14. The van der Waals surface area contributed by atoms with E-state index in [1.54, 1.807) is 18.9 Å². The van der Waals surface area contributed by atoms with E-state index >= 15 is 0 Å². The van der Waals surface area contributed by atoms with Crippen LogP contribution in [0.1, 0.15) is 18.1 Å². The molecule has 0 saturated heterocycles. The molecule has 3 nitrogen and oxygen atoms in total. The Hall–Kier alpha value is -2.13. The van der Waals surface area contributed by atoms with Gasteiger partial charge in [-0.3, -0.25) is 4.79 Å². The van der Waals surface area contributed by atoms with Gasteiger partial charge in [0, 0.05) is 12.7 Å². The molecule has 0 radical (unpaired) electrons. The smallest absolute Gasteiger partial charge is 0.251 e. The highest BCUT2D eigenvalue weighted by Crippen LogP contribution is 2.23. The molecule has 2 rings (SSSR count). The zero-order chi connectivity index (χ0) is 14.8. The molecule has 1 amide bonds. The third kappa shape index (κ3) is 2.73. The van der Waals surface area contributed by atoms with Gasteiger partial charge in [0.2, 0.25) is 0 Å². The molecule has 1 atom stereocenters. The van der Waals surface area contributed by atoms with Gasteiger partial charge in [-0.05, 0) is 31.5 Å². The van der Waals surface area contributed by atoms with Crippen LogP contribution in [-0.4, -0.2) is 13.0 Å². The SMILES string of the molecule is Cc1ccc(N(C)C(=O)C(C)(N)c2ccccc2)cc1. The lowest BCUT2D eigenvalue weighted by atomic mass is 9.91. The van der Waals surface area contributed by atoms with Gasteiger partial charge in [-0.2, -0.15) is 0 Å². The first-order valence-corrected chi connectivity index (χ1v) is 6.62. The van der Waals surface area contributed by atoms with Crippen molar-refractivity contribution in [3.05, 3.63) is 65.7 Å². The van der Waals surface area contributed by atoms with Crippen molar-refractivity contribution < 1.29 is 4.79 Å². The zero-order valence-electron chi connectivity index (χ0n) is 12.1. The number of anilines is 1. The molecule has 20 heavy (non-hydrogen) atoms. The fraction of sp³-hybridized carbons (Fsp3) is 0.235. The fourth-order valence-corrected chi connectivity index (χ4v) is 2.14. The summed E-state index contributed by atoms with van der Waals surface area (Å²) in [6, 6.07) is 17.3. The third-order valence-corrected chi connectivity index (χ3v) is 3.54. The molecule has 2 aromatic rings. The number of nitrogens with two attached hydrogens (primary N) is 1. The van der Waals surface area contributed by atoms with Crippen molar-refractivity contribution in [3.63, 3.8) is 0 Å². The van der Waals surface area contributed by atoms with Crippen LogP contribution in [-0.2, 0) is 10.3 Å². The van der Waals surface area contributed by atoms with Gasteiger partial charge in [0.25, 0.3) is 5.91 Å². The predicted molar refractivity (Wildman–Crippen MR) is 82.6 cm³/mol. The van der Waals surface area contributed by atoms with Gasteiger partial charge in [0.1, 0.15) is 5.54 Å². The van der Waals surface area contributed by atoms with Crippen molar-refractivity contribution >= 4 is 11.6 Å². The van der Waals surface area contributed by atoms with Crippen LogP contribution < -0.4 is 10.6 Å². The predicted octanol–water partition coefficient (Wildman–Crippen LogP) is 2.83. The number of hydrogen-bond donors (Lipinski definition) is 1. The maximum atomic E-state index is 12.7. The number of hydrogen-bond acceptors (Lipinski definition) is 2. The first-order valence-electron chi connectivity index (χ1n) is 6.62. The molecule has 3 heteroatoms. The normalized spacial score (nSPS) is 13.6. The summed E-state index contributed by atoms with van der Waals surface area (Å²) in [7, 11) is 1.75. The van der Waals surface area contributed by atoms with Gasteiger partial charge in [-0.15, -0.1) is 0 Å². The summed E-state index contributed by atoms with van der Waals surface area (Å²) in [6.07, 6.45) is 0. The minimum atomic E-state index is -1.04. The monoisotopic (exact) mass is 268 g/mol. The van der Waals surface area contributed by atoms with Gasteiger partial charge >= 0.3 is 0 Å². The highest BCUT2D eigenvalue weighted by Gasteiger charge is 2.33. The molecule has 0 aromatic heterocycles. The Morgan fingerprint density at radius 3 is 2.15 bits per heavy atom. The average molecular weight is 268 g/mol. The van der Waals surface area contributed by atoms with Gasteiger partial charge in [0.05, 0.1) is 0 Å². The van der Waals surface area contributed by atoms with Crippen LogP contribution in [0.3, 0.4) is 0 Å². The quantitative estimate of drug-likeness (QED) is 0.930. The molecule has 1 unspecified atom stereocenters. The molecule has 0 heterocycles. The maximum Gasteiger partial charge on any atom is 0.251 e. The average Bonchev–Trinajstić information content (AvgIpc) is 2.47. The highest BCUT2D eigenvalue weighted by molar-refractivity contribution is 6.00. The molecule has 0 spiro atoms. The molecule has 2 aromatic carbocycles. The highest BCUT2D eigenvalue weighted by atomic mass is 16.2. The number of carbonyl (C=O) groups is 1. The largest absolute Gasteiger partial charge is 0.314 e. The number of amides is 1. The van der Waals surface area contributed by atoms with Crippen LogP contribution >= 0.6 is 0 Å². The number of carbonyl (C=O) groups excluding carboxylic acids is 1. The minimum Gasteiger partial charge on any atom is -0.314 e. The van der Waals surface area contributed by atoms with Gasteiger partial charge < -0.3 is 10.6 Å². The number of likely N-dealkylation sites (N-methyl/N-ethyl adjacent to an activating group) is 1.